The summed E-state index contributed by atoms with van der Waals surface area (Å²) in [5.41, 5.74) is 1.40. The standard InChI is InChI=1S/C26H38N4O2/c31-24-19-29(16-13-27-24)25(32)12-4-11-23-22-10-6-15-28-14-5-9-21(26(22)28)18-30(23)17-20-7-2-1-3-8-20/h1-3,7-8,21-23,26H,4-6,9-19H2,(H,27,31)/t21-,22+,23+,26-/m0/s1. The minimum Gasteiger partial charge on any atom is -0.353 e. The van der Waals surface area contributed by atoms with E-state index in [0.717, 1.165) is 37.3 Å². The molecule has 6 nitrogen and oxygen atoms in total. The Kier molecular flexibility index (Phi) is 6.79. The van der Waals surface area contributed by atoms with Crippen LogP contribution in [-0.2, 0) is 16.1 Å². The molecule has 0 unspecified atom stereocenters. The van der Waals surface area contributed by atoms with Gasteiger partial charge in [-0.05, 0) is 69.0 Å². The quantitative estimate of drug-likeness (QED) is 0.742. The number of nitrogens with zero attached hydrogens (tertiary/aromatic N) is 3. The smallest absolute Gasteiger partial charge is 0.239 e. The Morgan fingerprint density at radius 2 is 1.88 bits per heavy atom. The van der Waals surface area contributed by atoms with Gasteiger partial charge in [-0.1, -0.05) is 30.3 Å². The Hall–Kier alpha value is -1.92. The average molecular weight is 439 g/mol. The molecule has 1 aromatic carbocycles. The number of amides is 2. The van der Waals surface area contributed by atoms with Gasteiger partial charge in [-0.15, -0.1) is 0 Å². The third-order valence-corrected chi connectivity index (χ3v) is 8.29. The van der Waals surface area contributed by atoms with Gasteiger partial charge in [-0.2, -0.15) is 0 Å². The molecule has 4 fully saturated rings. The second-order valence-corrected chi connectivity index (χ2v) is 10.3. The zero-order chi connectivity index (χ0) is 21.9. The summed E-state index contributed by atoms with van der Waals surface area (Å²) in [6, 6.07) is 12.2. The van der Waals surface area contributed by atoms with Crippen LogP contribution >= 0.6 is 0 Å². The van der Waals surface area contributed by atoms with Crippen LogP contribution in [0, 0.1) is 11.8 Å². The zero-order valence-electron chi connectivity index (χ0n) is 19.3. The largest absolute Gasteiger partial charge is 0.353 e. The molecule has 0 saturated carbocycles. The van der Waals surface area contributed by atoms with Gasteiger partial charge in [0.25, 0.3) is 0 Å². The zero-order valence-corrected chi connectivity index (χ0v) is 19.3. The molecule has 6 heteroatoms. The van der Waals surface area contributed by atoms with E-state index < -0.39 is 0 Å². The topological polar surface area (TPSA) is 55.9 Å². The highest BCUT2D eigenvalue weighted by molar-refractivity contribution is 5.85. The van der Waals surface area contributed by atoms with Crippen molar-refractivity contribution in [3.8, 4) is 0 Å². The van der Waals surface area contributed by atoms with Crippen molar-refractivity contribution in [3.63, 3.8) is 0 Å². The number of benzene rings is 1. The number of hydrogen-bond acceptors (Lipinski definition) is 4. The molecule has 0 spiro atoms. The van der Waals surface area contributed by atoms with Crippen molar-refractivity contribution in [1.82, 2.24) is 20.0 Å². The average Bonchev–Trinajstić information content (AvgIpc) is 2.82. The Balaban J connectivity index is 1.27. The minimum absolute atomic E-state index is 0.0310. The molecular formula is C26H38N4O2. The first-order chi connectivity index (χ1) is 15.7. The summed E-state index contributed by atoms with van der Waals surface area (Å²) < 4.78 is 0. The van der Waals surface area contributed by atoms with Crippen LogP contribution in [0.5, 0.6) is 0 Å². The maximum Gasteiger partial charge on any atom is 0.239 e. The van der Waals surface area contributed by atoms with Crippen molar-refractivity contribution < 1.29 is 9.59 Å². The molecular weight excluding hydrogens is 400 g/mol. The minimum atomic E-state index is -0.0310. The van der Waals surface area contributed by atoms with Crippen LogP contribution < -0.4 is 5.32 Å². The van der Waals surface area contributed by atoms with Crippen LogP contribution in [0.3, 0.4) is 0 Å². The highest BCUT2D eigenvalue weighted by Crippen LogP contribution is 2.43. The van der Waals surface area contributed by atoms with Gasteiger partial charge in [0.05, 0.1) is 6.54 Å². The van der Waals surface area contributed by atoms with Gasteiger partial charge in [0, 0.05) is 44.7 Å². The molecule has 0 aliphatic carbocycles. The number of likely N-dealkylation sites (tertiary alicyclic amines) is 1. The van der Waals surface area contributed by atoms with Gasteiger partial charge in [0.2, 0.25) is 11.8 Å². The summed E-state index contributed by atoms with van der Waals surface area (Å²) in [5.74, 6) is 1.63. The summed E-state index contributed by atoms with van der Waals surface area (Å²) in [7, 11) is 0. The number of piperidine rings is 3. The van der Waals surface area contributed by atoms with Gasteiger partial charge in [0.15, 0.2) is 0 Å². The maximum atomic E-state index is 12.7. The second kappa shape index (κ2) is 9.92. The monoisotopic (exact) mass is 438 g/mol. The van der Waals surface area contributed by atoms with E-state index in [1.165, 1.54) is 50.9 Å². The highest BCUT2D eigenvalue weighted by atomic mass is 16.2. The van der Waals surface area contributed by atoms with Crippen LogP contribution in [0.1, 0.15) is 50.5 Å². The first-order valence-corrected chi connectivity index (χ1v) is 12.8. The summed E-state index contributed by atoms with van der Waals surface area (Å²) in [5, 5.41) is 2.81. The molecule has 4 aliphatic heterocycles. The lowest BCUT2D eigenvalue weighted by Gasteiger charge is -2.57. The van der Waals surface area contributed by atoms with Crippen LogP contribution in [-0.4, -0.2) is 77.9 Å². The molecule has 1 aromatic rings. The molecule has 0 aromatic heterocycles. The van der Waals surface area contributed by atoms with Gasteiger partial charge in [-0.25, -0.2) is 0 Å². The first-order valence-electron chi connectivity index (χ1n) is 12.8. The van der Waals surface area contributed by atoms with Crippen molar-refractivity contribution in [2.75, 3.05) is 39.3 Å². The van der Waals surface area contributed by atoms with E-state index in [0.29, 0.717) is 25.6 Å². The molecule has 32 heavy (non-hydrogen) atoms. The fourth-order valence-corrected chi connectivity index (χ4v) is 6.95. The molecule has 4 heterocycles. The van der Waals surface area contributed by atoms with Crippen molar-refractivity contribution in [3.05, 3.63) is 35.9 Å². The van der Waals surface area contributed by atoms with E-state index in [9.17, 15) is 9.59 Å². The van der Waals surface area contributed by atoms with Crippen molar-refractivity contribution in [2.24, 2.45) is 11.8 Å². The molecule has 4 atom stereocenters. The number of carbonyl (C=O) groups excluding carboxylic acids is 2. The summed E-state index contributed by atoms with van der Waals surface area (Å²) >= 11 is 0. The van der Waals surface area contributed by atoms with E-state index in [1.54, 1.807) is 4.90 Å². The number of carbonyl (C=O) groups is 2. The highest BCUT2D eigenvalue weighted by Gasteiger charge is 2.48. The number of hydrogen-bond donors (Lipinski definition) is 1. The third-order valence-electron chi connectivity index (χ3n) is 8.29. The first kappa shape index (κ1) is 21.9. The van der Waals surface area contributed by atoms with Crippen molar-refractivity contribution in [1.29, 1.82) is 0 Å². The third kappa shape index (κ3) is 4.72. The van der Waals surface area contributed by atoms with Gasteiger partial charge in [-0.3, -0.25) is 19.4 Å². The van der Waals surface area contributed by atoms with E-state index >= 15 is 0 Å². The molecule has 1 N–H and O–H groups in total. The lowest BCUT2D eigenvalue weighted by molar-refractivity contribution is -0.138. The molecule has 5 rings (SSSR count). The van der Waals surface area contributed by atoms with E-state index in [1.807, 2.05) is 0 Å². The van der Waals surface area contributed by atoms with E-state index in [-0.39, 0.29) is 18.4 Å². The summed E-state index contributed by atoms with van der Waals surface area (Å²) in [6.07, 6.45) is 7.91. The van der Waals surface area contributed by atoms with E-state index in [4.69, 9.17) is 0 Å². The molecule has 4 aliphatic rings. The number of piperazine rings is 1. The fraction of sp³-hybridized carbons (Fsp3) is 0.692. The number of rotatable bonds is 6. The van der Waals surface area contributed by atoms with Crippen molar-refractivity contribution >= 4 is 11.8 Å². The van der Waals surface area contributed by atoms with Gasteiger partial charge < -0.3 is 10.2 Å². The fourth-order valence-electron chi connectivity index (χ4n) is 6.95. The molecule has 0 radical (unpaired) electrons. The molecule has 0 bridgehead atoms. The lowest BCUT2D eigenvalue weighted by Crippen LogP contribution is -2.64. The molecule has 4 saturated heterocycles. The normalized spacial score (nSPS) is 31.1. The van der Waals surface area contributed by atoms with E-state index in [2.05, 4.69) is 45.4 Å². The van der Waals surface area contributed by atoms with Crippen LogP contribution in [0.4, 0.5) is 0 Å². The van der Waals surface area contributed by atoms with Crippen LogP contribution in [0.15, 0.2) is 30.3 Å². The predicted octanol–water partition coefficient (Wildman–Crippen LogP) is 2.49. The Bertz CT molecular complexity index is 798. The van der Waals surface area contributed by atoms with Gasteiger partial charge in [0.1, 0.15) is 0 Å². The van der Waals surface area contributed by atoms with Gasteiger partial charge >= 0.3 is 0 Å². The number of nitrogens with one attached hydrogen (secondary N) is 1. The second-order valence-electron chi connectivity index (χ2n) is 10.3. The Morgan fingerprint density at radius 3 is 2.69 bits per heavy atom. The maximum absolute atomic E-state index is 12.7. The summed E-state index contributed by atoms with van der Waals surface area (Å²) in [4.78, 5) is 31.7. The van der Waals surface area contributed by atoms with Crippen LogP contribution in [0.25, 0.3) is 0 Å². The molecule has 174 valence electrons. The lowest BCUT2D eigenvalue weighted by atomic mass is 9.69. The Labute approximate surface area is 192 Å². The SMILES string of the molecule is O=C1CN(C(=O)CCC[C@@H]2[C@H]3CCCN4CCC[C@@H](CN2Cc2ccccc2)[C@@H]34)CCN1. The Morgan fingerprint density at radius 1 is 1.06 bits per heavy atom. The summed E-state index contributed by atoms with van der Waals surface area (Å²) in [6.45, 7) is 6.22. The predicted molar refractivity (Wildman–Crippen MR) is 125 cm³/mol. The van der Waals surface area contributed by atoms with Crippen molar-refractivity contribution in [2.45, 2.75) is 63.6 Å². The van der Waals surface area contributed by atoms with Crippen LogP contribution in [0.2, 0.25) is 0 Å². The molecule has 2 amide bonds.